The molecule has 5 aliphatic rings. The fourth-order valence-corrected chi connectivity index (χ4v) is 13.9. The lowest BCUT2D eigenvalue weighted by Gasteiger charge is -2.63. The van der Waals surface area contributed by atoms with E-state index in [4.69, 9.17) is 4.74 Å². The van der Waals surface area contributed by atoms with Gasteiger partial charge in [-0.3, -0.25) is 4.79 Å². The Bertz CT molecular complexity index is 1150. The molecule has 5 aliphatic carbocycles. The maximum absolute atomic E-state index is 13.2. The van der Waals surface area contributed by atoms with E-state index in [2.05, 4.69) is 79.7 Å². The molecule has 0 N–H and O–H groups in total. The number of rotatable bonds is 20. The van der Waals surface area contributed by atoms with Gasteiger partial charge in [0.25, 0.3) is 0 Å². The summed E-state index contributed by atoms with van der Waals surface area (Å²) in [7, 11) is 0. The van der Waals surface area contributed by atoms with Crippen LogP contribution in [0.3, 0.4) is 0 Å². The van der Waals surface area contributed by atoms with Gasteiger partial charge in [-0.15, -0.1) is 0 Å². The minimum atomic E-state index is 0.0787. The molecule has 0 amide bonds. The third kappa shape index (κ3) is 7.91. The summed E-state index contributed by atoms with van der Waals surface area (Å²) in [5.74, 6) is 4.32. The first-order valence-corrected chi connectivity index (χ1v) is 22.4. The molecule has 5 fully saturated rings. The molecule has 0 aromatic rings. The number of carbonyl (C=O) groups is 1. The van der Waals surface area contributed by atoms with Crippen molar-refractivity contribution < 1.29 is 9.53 Å². The average molecular weight is 691 g/mol. The Morgan fingerprint density at radius 3 is 2.06 bits per heavy atom. The molecule has 5 saturated carbocycles. The van der Waals surface area contributed by atoms with Crippen molar-refractivity contribution in [3.63, 3.8) is 0 Å². The van der Waals surface area contributed by atoms with Gasteiger partial charge in [0.15, 0.2) is 0 Å². The number of ether oxygens (including phenoxy) is 1. The zero-order valence-electron chi connectivity index (χ0n) is 34.6. The zero-order chi connectivity index (χ0) is 36.0. The second kappa shape index (κ2) is 17.0. The summed E-state index contributed by atoms with van der Waals surface area (Å²) in [5.41, 5.74) is 2.21. The fourth-order valence-electron chi connectivity index (χ4n) is 13.9. The van der Waals surface area contributed by atoms with Gasteiger partial charge >= 0.3 is 5.97 Å². The third-order valence-corrected chi connectivity index (χ3v) is 16.8. The van der Waals surface area contributed by atoms with Crippen molar-refractivity contribution >= 4 is 5.97 Å². The molecule has 2 nitrogen and oxygen atoms in total. The van der Waals surface area contributed by atoms with Crippen molar-refractivity contribution in [1.82, 2.24) is 0 Å². The van der Waals surface area contributed by atoms with Crippen molar-refractivity contribution in [2.45, 2.75) is 216 Å². The summed E-state index contributed by atoms with van der Waals surface area (Å²) in [5, 5.41) is 0. The Morgan fingerprint density at radius 1 is 0.680 bits per heavy atom. The van der Waals surface area contributed by atoms with E-state index in [9.17, 15) is 4.79 Å². The maximum atomic E-state index is 13.2. The van der Waals surface area contributed by atoms with Crippen LogP contribution in [0.4, 0.5) is 0 Å². The summed E-state index contributed by atoms with van der Waals surface area (Å²) in [6, 6.07) is 0. The summed E-state index contributed by atoms with van der Waals surface area (Å²) in [6.45, 7) is 20.1. The lowest BCUT2D eigenvalue weighted by molar-refractivity contribution is -0.183. The van der Waals surface area contributed by atoms with Gasteiger partial charge < -0.3 is 4.74 Å². The van der Waals surface area contributed by atoms with Crippen LogP contribution in [0.5, 0.6) is 0 Å². The normalized spacial score (nSPS) is 37.8. The molecule has 5 rings (SSSR count). The van der Waals surface area contributed by atoms with Crippen molar-refractivity contribution in [2.24, 2.45) is 56.7 Å². The Balaban J connectivity index is 1.04. The van der Waals surface area contributed by atoms with E-state index < -0.39 is 0 Å². The highest BCUT2D eigenvalue weighted by Gasteiger charge is 2.82. The quantitative estimate of drug-likeness (QED) is 0.0722. The Hall–Kier alpha value is -1.05. The molecular formula is C48H82O2. The minimum absolute atomic E-state index is 0.0787. The number of esters is 1. The van der Waals surface area contributed by atoms with E-state index in [1.807, 2.05) is 0 Å². The monoisotopic (exact) mass is 691 g/mol. The van der Waals surface area contributed by atoms with Crippen molar-refractivity contribution in [3.05, 3.63) is 24.3 Å². The van der Waals surface area contributed by atoms with Crippen LogP contribution in [-0.2, 0) is 9.53 Å². The second-order valence-electron chi connectivity index (χ2n) is 20.3. The third-order valence-electron chi connectivity index (χ3n) is 16.8. The number of hydrogen-bond acceptors (Lipinski definition) is 2. The topological polar surface area (TPSA) is 26.3 Å². The highest BCUT2D eigenvalue weighted by molar-refractivity contribution is 5.69. The predicted molar refractivity (Wildman–Crippen MR) is 214 cm³/mol. The molecule has 9 atom stereocenters. The van der Waals surface area contributed by atoms with Crippen molar-refractivity contribution in [3.8, 4) is 0 Å². The summed E-state index contributed by atoms with van der Waals surface area (Å²) < 4.78 is 6.41. The molecule has 0 aromatic carbocycles. The van der Waals surface area contributed by atoms with Crippen molar-refractivity contribution in [2.75, 3.05) is 0 Å². The minimum Gasteiger partial charge on any atom is -0.462 e. The maximum Gasteiger partial charge on any atom is 0.306 e. The van der Waals surface area contributed by atoms with Crippen LogP contribution in [0.15, 0.2) is 24.3 Å². The van der Waals surface area contributed by atoms with Gasteiger partial charge in [0.05, 0.1) is 0 Å². The van der Waals surface area contributed by atoms with Crippen LogP contribution in [0.2, 0.25) is 0 Å². The van der Waals surface area contributed by atoms with Gasteiger partial charge in [-0.2, -0.15) is 0 Å². The van der Waals surface area contributed by atoms with E-state index in [1.54, 1.807) is 0 Å². The second-order valence-corrected chi connectivity index (χ2v) is 20.3. The highest BCUT2D eigenvalue weighted by atomic mass is 16.5. The average Bonchev–Trinajstić information content (AvgIpc) is 3.65. The van der Waals surface area contributed by atoms with E-state index in [0.717, 1.165) is 55.3 Å². The smallest absolute Gasteiger partial charge is 0.306 e. The Morgan fingerprint density at radius 2 is 1.34 bits per heavy atom. The zero-order valence-corrected chi connectivity index (χ0v) is 34.6. The Kier molecular flexibility index (Phi) is 13.6. The van der Waals surface area contributed by atoms with Gasteiger partial charge in [0.1, 0.15) is 6.10 Å². The predicted octanol–water partition coefficient (Wildman–Crippen LogP) is 14.6. The SMILES string of the molecule is CCC/C=C/C/C=C/CCCCCCCCCC(=O)O[C@H]1CC[C@]23C[C@]24CC[C@]2(C)[C@@H]([C@H](C)CCCC(C)C)CC[C@@]2(C)[C@@H]4CC[C@H]3C1(C)C. The molecule has 2 spiro atoms. The first kappa shape index (κ1) is 40.1. The lowest BCUT2D eigenvalue weighted by Crippen LogP contribution is -2.58. The number of carbonyl (C=O) groups excluding carboxylic acids is 1. The largest absolute Gasteiger partial charge is 0.462 e. The number of allylic oxidation sites excluding steroid dienone is 4. The molecule has 286 valence electrons. The van der Waals surface area contributed by atoms with Crippen LogP contribution in [0, 0.1) is 56.7 Å². The molecule has 0 aliphatic heterocycles. The van der Waals surface area contributed by atoms with Gasteiger partial charge in [0.2, 0.25) is 0 Å². The van der Waals surface area contributed by atoms with E-state index in [1.165, 1.54) is 122 Å². The molecule has 0 radical (unpaired) electrons. The van der Waals surface area contributed by atoms with Crippen LogP contribution in [-0.4, -0.2) is 12.1 Å². The summed E-state index contributed by atoms with van der Waals surface area (Å²) in [4.78, 5) is 13.2. The lowest BCUT2D eigenvalue weighted by atomic mass is 9.41. The molecule has 0 saturated heterocycles. The van der Waals surface area contributed by atoms with Gasteiger partial charge in [-0.1, -0.05) is 137 Å². The van der Waals surface area contributed by atoms with Gasteiger partial charge in [-0.05, 0) is 141 Å². The first-order valence-electron chi connectivity index (χ1n) is 22.4. The van der Waals surface area contributed by atoms with Gasteiger partial charge in [0, 0.05) is 11.8 Å². The van der Waals surface area contributed by atoms with E-state index in [-0.39, 0.29) is 17.5 Å². The van der Waals surface area contributed by atoms with Crippen LogP contribution in [0.25, 0.3) is 0 Å². The standard InChI is InChI=1S/C48H82O2/c1-9-10-11-12-13-14-15-16-17-18-19-20-21-22-23-27-43(49)50-42-31-33-47-36-48(47)35-34-45(7)39(38(4)26-24-25-37(2)3)30-32-46(45,8)41(48)29-28-40(47)44(42,5)6/h11-12,14-15,37-42H,9-10,13,16-36H2,1-8H3/b12-11+,15-14+/t38-,39-,40+,41+,42+,45-,46+,47-,48+/m1/s1. The van der Waals surface area contributed by atoms with E-state index >= 15 is 0 Å². The number of fused-ring (bicyclic) bond motifs is 2. The Labute approximate surface area is 311 Å². The summed E-state index contributed by atoms with van der Waals surface area (Å²) >= 11 is 0. The van der Waals surface area contributed by atoms with E-state index in [0.29, 0.717) is 28.1 Å². The number of unbranched alkanes of at least 4 members (excludes halogenated alkanes) is 8. The van der Waals surface area contributed by atoms with Crippen LogP contribution < -0.4 is 0 Å². The molecule has 50 heavy (non-hydrogen) atoms. The molecule has 2 heteroatoms. The highest BCUT2D eigenvalue weighted by Crippen LogP contribution is 2.89. The van der Waals surface area contributed by atoms with Gasteiger partial charge in [-0.25, -0.2) is 0 Å². The molecule has 0 bridgehead atoms. The van der Waals surface area contributed by atoms with Crippen LogP contribution in [0.1, 0.15) is 209 Å². The first-order chi connectivity index (χ1) is 23.9. The van der Waals surface area contributed by atoms with Crippen LogP contribution >= 0.6 is 0 Å². The molecular weight excluding hydrogens is 609 g/mol. The van der Waals surface area contributed by atoms with Crippen molar-refractivity contribution in [1.29, 1.82) is 0 Å². The molecule has 0 heterocycles. The number of hydrogen-bond donors (Lipinski definition) is 0. The molecule has 0 unspecified atom stereocenters. The molecule has 0 aromatic heterocycles. The fraction of sp³-hybridized carbons (Fsp3) is 0.896. The summed E-state index contributed by atoms with van der Waals surface area (Å²) in [6.07, 6.45) is 40.2.